The summed E-state index contributed by atoms with van der Waals surface area (Å²) in [5, 5.41) is 6.80. The van der Waals surface area contributed by atoms with Crippen LogP contribution in [0.15, 0.2) is 72.9 Å². The Morgan fingerprint density at radius 1 is 0.895 bits per heavy atom. The van der Waals surface area contributed by atoms with Crippen molar-refractivity contribution in [1.82, 2.24) is 20.2 Å². The molecule has 1 aliphatic heterocycles. The zero-order valence-electron chi connectivity index (χ0n) is 33.5. The second-order valence-electron chi connectivity index (χ2n) is 15.2. The van der Waals surface area contributed by atoms with Crippen molar-refractivity contribution < 1.29 is 32.2 Å². The topological polar surface area (TPSA) is 161 Å². The normalized spacial score (nSPS) is 13.6. The summed E-state index contributed by atoms with van der Waals surface area (Å²) in [6, 6.07) is 20.3. The zero-order chi connectivity index (χ0) is 40.9. The van der Waals surface area contributed by atoms with Crippen molar-refractivity contribution in [3.8, 4) is 22.6 Å². The molecule has 6 rings (SSSR count). The van der Waals surface area contributed by atoms with E-state index >= 15 is 0 Å². The number of methoxy groups -OCH3 is 2. The van der Waals surface area contributed by atoms with Crippen LogP contribution in [-0.2, 0) is 26.6 Å². The first-order valence-electron chi connectivity index (χ1n) is 18.7. The summed E-state index contributed by atoms with van der Waals surface area (Å²) in [6.07, 6.45) is 3.24. The molecule has 0 bridgehead atoms. The minimum absolute atomic E-state index is 0.169. The van der Waals surface area contributed by atoms with Gasteiger partial charge in [0.05, 0.1) is 50.6 Å². The minimum atomic E-state index is -3.63. The van der Waals surface area contributed by atoms with E-state index in [4.69, 9.17) is 19.2 Å². The summed E-state index contributed by atoms with van der Waals surface area (Å²) in [4.78, 5) is 38.6. The van der Waals surface area contributed by atoms with Gasteiger partial charge in [-0.05, 0) is 94.8 Å². The minimum Gasteiger partial charge on any atom is -0.497 e. The number of hydrogen-bond acceptors (Lipinski definition) is 10. The first-order valence-corrected chi connectivity index (χ1v) is 20.6. The molecule has 3 N–H and O–H groups in total. The van der Waals surface area contributed by atoms with Crippen LogP contribution in [0.5, 0.6) is 11.5 Å². The zero-order valence-corrected chi connectivity index (χ0v) is 34.3. The quantitative estimate of drug-likeness (QED) is 0.125. The Kier molecular flexibility index (Phi) is 12.5. The summed E-state index contributed by atoms with van der Waals surface area (Å²) in [7, 11) is -0.625. The third-order valence-electron chi connectivity index (χ3n) is 9.79. The molecule has 0 spiro atoms. The molecule has 1 aliphatic rings. The molecule has 1 fully saturated rings. The highest BCUT2D eigenvalue weighted by Crippen LogP contribution is 2.39. The van der Waals surface area contributed by atoms with Crippen LogP contribution in [0, 0.1) is 6.92 Å². The Bertz CT molecular complexity index is 2410. The van der Waals surface area contributed by atoms with Gasteiger partial charge in [-0.25, -0.2) is 18.4 Å². The fraction of sp³-hybridized carbons (Fsp3) is 0.349. The lowest BCUT2D eigenvalue weighted by Gasteiger charge is -2.26. The van der Waals surface area contributed by atoms with E-state index in [1.54, 1.807) is 37.6 Å². The number of aromatic nitrogens is 2. The van der Waals surface area contributed by atoms with Gasteiger partial charge in [0.2, 0.25) is 10.0 Å². The summed E-state index contributed by atoms with van der Waals surface area (Å²) in [6.45, 7) is 12.4. The number of nitrogens with zero attached hydrogens (tertiary/aromatic N) is 3. The summed E-state index contributed by atoms with van der Waals surface area (Å²) >= 11 is 0. The number of amides is 2. The van der Waals surface area contributed by atoms with Crippen molar-refractivity contribution in [2.24, 2.45) is 0 Å². The number of rotatable bonds is 13. The van der Waals surface area contributed by atoms with Gasteiger partial charge in [0.15, 0.2) is 5.75 Å². The van der Waals surface area contributed by atoms with E-state index in [9.17, 15) is 18.0 Å². The van der Waals surface area contributed by atoms with Crippen LogP contribution in [0.2, 0.25) is 0 Å². The maximum atomic E-state index is 13.8. The van der Waals surface area contributed by atoms with Crippen molar-refractivity contribution in [1.29, 1.82) is 0 Å². The van der Waals surface area contributed by atoms with Gasteiger partial charge < -0.3 is 24.8 Å². The number of fused-ring (bicyclic) bond motifs is 1. The summed E-state index contributed by atoms with van der Waals surface area (Å²) in [5.41, 5.74) is 6.26. The SMILES string of the molecule is COc1cc(Cc2ncc3cc(-c4cc(C(=O)Nc5cc(C(C)(C)C)cc(NS(C)(=O)=O)c5OC)ccc4C)ccc3n2)cc(C(=O)NCCN2CCOCC2)c1. The Morgan fingerprint density at radius 2 is 1.65 bits per heavy atom. The molecule has 0 atom stereocenters. The highest BCUT2D eigenvalue weighted by molar-refractivity contribution is 7.92. The van der Waals surface area contributed by atoms with E-state index in [1.807, 2.05) is 70.2 Å². The highest BCUT2D eigenvalue weighted by Gasteiger charge is 2.23. The number of nitrogens with one attached hydrogen (secondary N) is 3. The first kappa shape index (κ1) is 41.1. The molecule has 2 heterocycles. The van der Waals surface area contributed by atoms with E-state index in [0.29, 0.717) is 54.6 Å². The number of morpholine rings is 1. The van der Waals surface area contributed by atoms with Gasteiger partial charge in [0.25, 0.3) is 11.8 Å². The van der Waals surface area contributed by atoms with Crippen molar-refractivity contribution in [3.63, 3.8) is 0 Å². The fourth-order valence-electron chi connectivity index (χ4n) is 6.69. The molecular weight excluding hydrogens is 745 g/mol. The van der Waals surface area contributed by atoms with Gasteiger partial charge in [-0.15, -0.1) is 0 Å². The summed E-state index contributed by atoms with van der Waals surface area (Å²) in [5.74, 6) is 0.825. The number of sulfonamides is 1. The van der Waals surface area contributed by atoms with E-state index < -0.39 is 10.0 Å². The van der Waals surface area contributed by atoms with E-state index in [0.717, 1.165) is 64.6 Å². The average Bonchev–Trinajstić information content (AvgIpc) is 3.17. The third kappa shape index (κ3) is 10.4. The van der Waals surface area contributed by atoms with Gasteiger partial charge in [-0.3, -0.25) is 19.2 Å². The predicted molar refractivity (Wildman–Crippen MR) is 223 cm³/mol. The second kappa shape index (κ2) is 17.3. The van der Waals surface area contributed by atoms with Gasteiger partial charge in [0.1, 0.15) is 11.6 Å². The smallest absolute Gasteiger partial charge is 0.255 e. The number of aryl methyl sites for hydroxylation is 1. The lowest BCUT2D eigenvalue weighted by atomic mass is 9.86. The van der Waals surface area contributed by atoms with Crippen molar-refractivity contribution in [2.45, 2.75) is 39.5 Å². The van der Waals surface area contributed by atoms with Crippen LogP contribution >= 0.6 is 0 Å². The van der Waals surface area contributed by atoms with Gasteiger partial charge in [-0.2, -0.15) is 0 Å². The van der Waals surface area contributed by atoms with Crippen molar-refractivity contribution in [2.75, 3.05) is 69.9 Å². The standard InChI is InChI=1S/C43H50N6O7S/c1-27-8-9-30(42(51)47-37-24-33(43(2,3)4)25-38(40(37)55-6)48-57(7,52)53)23-35(27)29-10-11-36-32(21-29)26-45-39(46-36)20-28-18-31(22-34(19-28)54-5)41(50)44-12-13-49-14-16-56-17-15-49/h8-11,18-19,21-26,48H,12-17,20H2,1-7H3,(H,44,50)(H,47,51). The van der Waals surface area contributed by atoms with Gasteiger partial charge in [-0.1, -0.05) is 32.9 Å². The van der Waals surface area contributed by atoms with Crippen molar-refractivity contribution >= 4 is 44.1 Å². The molecule has 1 aromatic heterocycles. The van der Waals surface area contributed by atoms with Gasteiger partial charge in [0, 0.05) is 55.3 Å². The molecule has 57 heavy (non-hydrogen) atoms. The number of carbonyl (C=O) groups excluding carboxylic acids is 2. The van der Waals surface area contributed by atoms with Crippen LogP contribution < -0.4 is 24.8 Å². The lowest BCUT2D eigenvalue weighted by Crippen LogP contribution is -2.41. The molecule has 1 saturated heterocycles. The number of benzene rings is 4. The predicted octanol–water partition coefficient (Wildman–Crippen LogP) is 6.20. The van der Waals surface area contributed by atoms with Crippen LogP contribution in [0.3, 0.4) is 0 Å². The maximum Gasteiger partial charge on any atom is 0.255 e. The molecule has 13 nitrogen and oxygen atoms in total. The highest BCUT2D eigenvalue weighted by atomic mass is 32.2. The number of anilines is 2. The van der Waals surface area contributed by atoms with Crippen molar-refractivity contribution in [3.05, 3.63) is 107 Å². The Hall–Kier alpha value is -5.57. The number of carbonyl (C=O) groups is 2. The molecular formula is C43H50N6O7S. The number of ether oxygens (including phenoxy) is 3. The van der Waals surface area contributed by atoms with Crippen LogP contribution in [0.1, 0.15) is 64.0 Å². The number of hydrogen-bond donors (Lipinski definition) is 3. The van der Waals surface area contributed by atoms with Crippen LogP contribution in [-0.4, -0.2) is 95.0 Å². The molecule has 300 valence electrons. The first-order chi connectivity index (χ1) is 27.1. The lowest BCUT2D eigenvalue weighted by molar-refractivity contribution is 0.0383. The third-order valence-corrected chi connectivity index (χ3v) is 10.4. The molecule has 2 amide bonds. The molecule has 0 saturated carbocycles. The Balaban J connectivity index is 1.20. The molecule has 0 unspecified atom stereocenters. The molecule has 4 aromatic carbocycles. The van der Waals surface area contributed by atoms with Gasteiger partial charge >= 0.3 is 0 Å². The molecule has 0 aliphatic carbocycles. The maximum absolute atomic E-state index is 13.8. The Labute approximate surface area is 334 Å². The molecule has 14 heteroatoms. The average molecular weight is 795 g/mol. The monoisotopic (exact) mass is 794 g/mol. The molecule has 0 radical (unpaired) electrons. The second-order valence-corrected chi connectivity index (χ2v) is 17.0. The summed E-state index contributed by atoms with van der Waals surface area (Å²) < 4.78 is 43.4. The van der Waals surface area contributed by atoms with E-state index in [2.05, 4.69) is 25.2 Å². The molecule has 5 aromatic rings. The fourth-order valence-corrected chi connectivity index (χ4v) is 7.24. The largest absolute Gasteiger partial charge is 0.497 e. The van der Waals surface area contributed by atoms with E-state index in [-0.39, 0.29) is 28.7 Å². The van der Waals surface area contributed by atoms with Crippen LogP contribution in [0.4, 0.5) is 11.4 Å². The van der Waals surface area contributed by atoms with Crippen LogP contribution in [0.25, 0.3) is 22.0 Å². The Morgan fingerprint density at radius 3 is 2.35 bits per heavy atom. The van der Waals surface area contributed by atoms with E-state index in [1.165, 1.54) is 7.11 Å².